The van der Waals surface area contributed by atoms with E-state index >= 15 is 0 Å². The van der Waals surface area contributed by atoms with E-state index in [2.05, 4.69) is 36.7 Å². The molecule has 0 spiro atoms. The van der Waals surface area contributed by atoms with Crippen LogP contribution in [0.25, 0.3) is 11.0 Å². The standard InChI is InChI=1S/C19H28N4O2/c1-4-19(3)14-22(12-13-25-19)18(24)20-11-10-17-21-15-8-6-7-9-16(15)23(17)5-2/h6-9H,4-5,10-14H2,1-3H3,(H,20,24)/t19-/m0/s1. The second kappa shape index (κ2) is 7.44. The van der Waals surface area contributed by atoms with Crippen molar-refractivity contribution in [2.45, 2.75) is 45.8 Å². The third kappa shape index (κ3) is 3.79. The first kappa shape index (κ1) is 17.7. The molecule has 25 heavy (non-hydrogen) atoms. The van der Waals surface area contributed by atoms with Gasteiger partial charge in [-0.25, -0.2) is 9.78 Å². The van der Waals surface area contributed by atoms with Gasteiger partial charge in [0, 0.05) is 26.1 Å². The van der Waals surface area contributed by atoms with Crippen molar-refractivity contribution >= 4 is 17.1 Å². The number of carbonyl (C=O) groups is 1. The average molecular weight is 344 g/mol. The molecule has 1 aliphatic heterocycles. The zero-order valence-electron chi connectivity index (χ0n) is 15.4. The van der Waals surface area contributed by atoms with Gasteiger partial charge in [-0.2, -0.15) is 0 Å². The Bertz CT molecular complexity index is 742. The lowest BCUT2D eigenvalue weighted by Gasteiger charge is -2.39. The molecule has 0 bridgehead atoms. The Morgan fingerprint density at radius 3 is 2.92 bits per heavy atom. The molecule has 3 rings (SSSR count). The maximum atomic E-state index is 12.5. The van der Waals surface area contributed by atoms with Gasteiger partial charge in [-0.1, -0.05) is 19.1 Å². The van der Waals surface area contributed by atoms with Gasteiger partial charge in [-0.15, -0.1) is 0 Å². The SMILES string of the molecule is CCn1c(CCNC(=O)N2CCO[C@@](C)(CC)C2)nc2ccccc21. The number of para-hydroxylation sites is 2. The van der Waals surface area contributed by atoms with Crippen molar-refractivity contribution in [2.75, 3.05) is 26.2 Å². The summed E-state index contributed by atoms with van der Waals surface area (Å²) < 4.78 is 8.01. The average Bonchev–Trinajstić information content (AvgIpc) is 2.99. The predicted octanol–water partition coefficient (Wildman–Crippen LogP) is 2.81. The van der Waals surface area contributed by atoms with Crippen LogP contribution in [0.4, 0.5) is 4.79 Å². The largest absolute Gasteiger partial charge is 0.372 e. The third-order valence-corrected chi connectivity index (χ3v) is 5.05. The summed E-state index contributed by atoms with van der Waals surface area (Å²) in [7, 11) is 0. The number of nitrogens with zero attached hydrogens (tertiary/aromatic N) is 3. The first-order valence-electron chi connectivity index (χ1n) is 9.17. The highest BCUT2D eigenvalue weighted by Crippen LogP contribution is 2.21. The van der Waals surface area contributed by atoms with Gasteiger partial charge in [-0.05, 0) is 32.4 Å². The highest BCUT2D eigenvalue weighted by atomic mass is 16.5. The Balaban J connectivity index is 1.59. The second-order valence-electron chi connectivity index (χ2n) is 6.82. The number of fused-ring (bicyclic) bond motifs is 1. The van der Waals surface area contributed by atoms with Crippen LogP contribution in [-0.2, 0) is 17.7 Å². The molecule has 0 saturated carbocycles. The Morgan fingerprint density at radius 1 is 1.36 bits per heavy atom. The van der Waals surface area contributed by atoms with E-state index in [1.54, 1.807) is 0 Å². The number of hydrogen-bond acceptors (Lipinski definition) is 3. The van der Waals surface area contributed by atoms with Gasteiger partial charge in [0.1, 0.15) is 5.82 Å². The van der Waals surface area contributed by atoms with Crippen LogP contribution >= 0.6 is 0 Å². The zero-order valence-corrected chi connectivity index (χ0v) is 15.4. The monoisotopic (exact) mass is 344 g/mol. The number of imidazole rings is 1. The number of hydrogen-bond donors (Lipinski definition) is 1. The smallest absolute Gasteiger partial charge is 0.317 e. The van der Waals surface area contributed by atoms with Crippen LogP contribution in [0.3, 0.4) is 0 Å². The minimum Gasteiger partial charge on any atom is -0.372 e. The molecule has 2 aromatic rings. The summed E-state index contributed by atoms with van der Waals surface area (Å²) in [6.45, 7) is 9.63. The molecule has 1 aromatic carbocycles. The number of urea groups is 1. The summed E-state index contributed by atoms with van der Waals surface area (Å²) in [4.78, 5) is 19.0. The molecule has 1 fully saturated rings. The molecule has 136 valence electrons. The molecule has 1 saturated heterocycles. The summed E-state index contributed by atoms with van der Waals surface area (Å²) >= 11 is 0. The summed E-state index contributed by atoms with van der Waals surface area (Å²) in [6, 6.07) is 8.15. The molecule has 1 aromatic heterocycles. The molecular formula is C19H28N4O2. The van der Waals surface area contributed by atoms with E-state index in [0.29, 0.717) is 26.2 Å². The van der Waals surface area contributed by atoms with Gasteiger partial charge in [0.2, 0.25) is 0 Å². The molecule has 1 N–H and O–H groups in total. The van der Waals surface area contributed by atoms with E-state index in [-0.39, 0.29) is 11.6 Å². The van der Waals surface area contributed by atoms with Crippen molar-refractivity contribution in [2.24, 2.45) is 0 Å². The molecule has 0 radical (unpaired) electrons. The topological polar surface area (TPSA) is 59.4 Å². The van der Waals surface area contributed by atoms with Gasteiger partial charge < -0.3 is 19.5 Å². The Kier molecular flexibility index (Phi) is 5.27. The van der Waals surface area contributed by atoms with Crippen molar-refractivity contribution < 1.29 is 9.53 Å². The van der Waals surface area contributed by atoms with Gasteiger partial charge in [0.05, 0.1) is 29.8 Å². The Labute approximate surface area is 149 Å². The highest BCUT2D eigenvalue weighted by molar-refractivity contribution is 5.76. The molecule has 2 amide bonds. The Hall–Kier alpha value is -2.08. The lowest BCUT2D eigenvalue weighted by molar-refractivity contribution is -0.0872. The van der Waals surface area contributed by atoms with Gasteiger partial charge in [0.15, 0.2) is 0 Å². The molecule has 2 heterocycles. The van der Waals surface area contributed by atoms with E-state index in [0.717, 1.165) is 36.2 Å². The predicted molar refractivity (Wildman–Crippen MR) is 98.7 cm³/mol. The molecular weight excluding hydrogens is 316 g/mol. The van der Waals surface area contributed by atoms with E-state index in [1.807, 2.05) is 23.1 Å². The van der Waals surface area contributed by atoms with Crippen molar-refractivity contribution in [3.05, 3.63) is 30.1 Å². The number of rotatable bonds is 5. The molecule has 0 unspecified atom stereocenters. The molecule has 1 atom stereocenters. The van der Waals surface area contributed by atoms with Crippen molar-refractivity contribution in [3.8, 4) is 0 Å². The first-order chi connectivity index (χ1) is 12.1. The zero-order chi connectivity index (χ0) is 17.9. The number of ether oxygens (including phenoxy) is 1. The fourth-order valence-corrected chi connectivity index (χ4v) is 3.38. The number of amides is 2. The minimum atomic E-state index is -0.230. The van der Waals surface area contributed by atoms with Crippen LogP contribution < -0.4 is 5.32 Å². The van der Waals surface area contributed by atoms with Crippen LogP contribution in [-0.4, -0.2) is 52.3 Å². The van der Waals surface area contributed by atoms with Crippen molar-refractivity contribution in [1.82, 2.24) is 19.8 Å². The quantitative estimate of drug-likeness (QED) is 0.907. The summed E-state index contributed by atoms with van der Waals surface area (Å²) in [5, 5.41) is 3.04. The number of carbonyl (C=O) groups excluding carboxylic acids is 1. The maximum absolute atomic E-state index is 12.5. The fraction of sp³-hybridized carbons (Fsp3) is 0.579. The lowest BCUT2D eigenvalue weighted by Crippen LogP contribution is -2.54. The van der Waals surface area contributed by atoms with Gasteiger partial charge in [0.25, 0.3) is 0 Å². The van der Waals surface area contributed by atoms with Gasteiger partial charge in [-0.3, -0.25) is 0 Å². The van der Waals surface area contributed by atoms with E-state index in [1.165, 1.54) is 0 Å². The third-order valence-electron chi connectivity index (χ3n) is 5.05. The number of nitrogens with one attached hydrogen (secondary N) is 1. The molecule has 6 nitrogen and oxygen atoms in total. The summed E-state index contributed by atoms with van der Waals surface area (Å²) in [5.74, 6) is 1.02. The molecule has 6 heteroatoms. The van der Waals surface area contributed by atoms with Crippen LogP contribution in [0.15, 0.2) is 24.3 Å². The normalized spacial score (nSPS) is 20.8. The van der Waals surface area contributed by atoms with Crippen LogP contribution in [0, 0.1) is 0 Å². The molecule has 0 aliphatic carbocycles. The maximum Gasteiger partial charge on any atom is 0.317 e. The number of benzene rings is 1. The summed E-state index contributed by atoms with van der Waals surface area (Å²) in [5.41, 5.74) is 1.93. The number of aromatic nitrogens is 2. The van der Waals surface area contributed by atoms with Crippen molar-refractivity contribution in [3.63, 3.8) is 0 Å². The minimum absolute atomic E-state index is 0.0119. The van der Waals surface area contributed by atoms with E-state index in [4.69, 9.17) is 9.72 Å². The highest BCUT2D eigenvalue weighted by Gasteiger charge is 2.32. The van der Waals surface area contributed by atoms with Crippen LogP contribution in [0.5, 0.6) is 0 Å². The second-order valence-corrected chi connectivity index (χ2v) is 6.82. The first-order valence-corrected chi connectivity index (χ1v) is 9.17. The van der Waals surface area contributed by atoms with E-state index < -0.39 is 0 Å². The van der Waals surface area contributed by atoms with Crippen LogP contribution in [0.1, 0.15) is 33.0 Å². The summed E-state index contributed by atoms with van der Waals surface area (Å²) in [6.07, 6.45) is 1.63. The van der Waals surface area contributed by atoms with Crippen LogP contribution in [0.2, 0.25) is 0 Å². The van der Waals surface area contributed by atoms with Crippen molar-refractivity contribution in [1.29, 1.82) is 0 Å². The lowest BCUT2D eigenvalue weighted by atomic mass is 10.0. The fourth-order valence-electron chi connectivity index (χ4n) is 3.38. The number of aryl methyl sites for hydroxylation is 1. The Morgan fingerprint density at radius 2 is 2.16 bits per heavy atom. The van der Waals surface area contributed by atoms with E-state index in [9.17, 15) is 4.79 Å². The molecule has 1 aliphatic rings. The van der Waals surface area contributed by atoms with Gasteiger partial charge >= 0.3 is 6.03 Å². The number of morpholine rings is 1.